The first-order valence-electron chi connectivity index (χ1n) is 8.48. The standard InChI is InChI=1S/C18H23N3/c1-2-7-16-14(6-1)15-8-10-21-11-13-5-3-4-9-20(13)12-17(21)18(15)19-16/h1-2,6-7,13,17,19H,3-5,8-12H2/t13-,17+/m0/s1. The van der Waals surface area contributed by atoms with Crippen LogP contribution in [0.4, 0.5) is 0 Å². The second-order valence-electron chi connectivity index (χ2n) is 6.97. The molecule has 0 unspecified atom stereocenters. The number of H-pyrrole nitrogens is 1. The normalized spacial score (nSPS) is 29.9. The molecule has 2 aromatic rings. The Hall–Kier alpha value is -1.32. The van der Waals surface area contributed by atoms with Crippen LogP contribution < -0.4 is 0 Å². The fraction of sp³-hybridized carbons (Fsp3) is 0.556. The van der Waals surface area contributed by atoms with Crippen molar-refractivity contribution in [2.24, 2.45) is 0 Å². The summed E-state index contributed by atoms with van der Waals surface area (Å²) in [5.74, 6) is 0. The van der Waals surface area contributed by atoms with Crippen molar-refractivity contribution in [2.45, 2.75) is 37.8 Å². The zero-order valence-electron chi connectivity index (χ0n) is 12.5. The quantitative estimate of drug-likeness (QED) is 0.802. The minimum absolute atomic E-state index is 0.593. The van der Waals surface area contributed by atoms with Gasteiger partial charge in [0.2, 0.25) is 0 Å². The van der Waals surface area contributed by atoms with Crippen LogP contribution in [-0.4, -0.2) is 47.0 Å². The van der Waals surface area contributed by atoms with E-state index < -0.39 is 0 Å². The number of fused-ring (bicyclic) bond motifs is 6. The van der Waals surface area contributed by atoms with Gasteiger partial charge in [-0.2, -0.15) is 0 Å². The third kappa shape index (κ3) is 1.80. The van der Waals surface area contributed by atoms with E-state index in [1.54, 1.807) is 5.56 Å². The number of aromatic amines is 1. The van der Waals surface area contributed by atoms with Crippen molar-refractivity contribution in [1.82, 2.24) is 14.8 Å². The topological polar surface area (TPSA) is 22.3 Å². The van der Waals surface area contributed by atoms with Crippen molar-refractivity contribution in [2.75, 3.05) is 26.2 Å². The van der Waals surface area contributed by atoms with Gasteiger partial charge < -0.3 is 4.98 Å². The summed E-state index contributed by atoms with van der Waals surface area (Å²) >= 11 is 0. The second-order valence-corrected chi connectivity index (χ2v) is 6.97. The Morgan fingerprint density at radius 3 is 2.95 bits per heavy atom. The summed E-state index contributed by atoms with van der Waals surface area (Å²) in [4.78, 5) is 9.24. The molecule has 2 fully saturated rings. The fourth-order valence-corrected chi connectivity index (χ4v) is 4.79. The van der Waals surface area contributed by atoms with E-state index in [1.807, 2.05) is 0 Å². The van der Waals surface area contributed by atoms with Crippen molar-refractivity contribution >= 4 is 10.9 Å². The largest absolute Gasteiger partial charge is 0.357 e. The summed E-state index contributed by atoms with van der Waals surface area (Å²) in [5.41, 5.74) is 4.42. The number of nitrogens with zero attached hydrogens (tertiary/aromatic N) is 2. The molecule has 110 valence electrons. The molecular formula is C18H23N3. The monoisotopic (exact) mass is 281 g/mol. The Bertz CT molecular complexity index is 674. The minimum atomic E-state index is 0.593. The molecule has 1 aromatic carbocycles. The van der Waals surface area contributed by atoms with Crippen molar-refractivity contribution in [3.05, 3.63) is 35.5 Å². The molecule has 3 aliphatic heterocycles. The number of aromatic nitrogens is 1. The van der Waals surface area contributed by atoms with Gasteiger partial charge in [0.1, 0.15) is 0 Å². The summed E-state index contributed by atoms with van der Waals surface area (Å²) < 4.78 is 0. The predicted octanol–water partition coefficient (Wildman–Crippen LogP) is 2.94. The summed E-state index contributed by atoms with van der Waals surface area (Å²) in [7, 11) is 0. The van der Waals surface area contributed by atoms with Crippen LogP contribution in [-0.2, 0) is 6.42 Å². The molecule has 5 rings (SSSR count). The van der Waals surface area contributed by atoms with Gasteiger partial charge in [-0.05, 0) is 37.4 Å². The van der Waals surface area contributed by atoms with E-state index in [1.165, 1.54) is 68.5 Å². The van der Waals surface area contributed by atoms with Gasteiger partial charge in [0, 0.05) is 42.3 Å². The molecular weight excluding hydrogens is 258 g/mol. The number of rotatable bonds is 0. The zero-order valence-corrected chi connectivity index (χ0v) is 12.5. The van der Waals surface area contributed by atoms with Gasteiger partial charge in [0.15, 0.2) is 0 Å². The Morgan fingerprint density at radius 1 is 1.00 bits per heavy atom. The molecule has 2 saturated heterocycles. The smallest absolute Gasteiger partial charge is 0.0630 e. The van der Waals surface area contributed by atoms with Crippen LogP contribution in [0.3, 0.4) is 0 Å². The third-order valence-electron chi connectivity index (χ3n) is 5.87. The zero-order chi connectivity index (χ0) is 13.8. The highest BCUT2D eigenvalue weighted by molar-refractivity contribution is 5.85. The summed E-state index contributed by atoms with van der Waals surface area (Å²) in [5, 5.41) is 1.45. The first kappa shape index (κ1) is 12.2. The van der Waals surface area contributed by atoms with Crippen LogP contribution in [0.2, 0.25) is 0 Å². The number of hydrogen-bond acceptors (Lipinski definition) is 2. The highest BCUT2D eigenvalue weighted by Crippen LogP contribution is 2.38. The molecule has 1 aromatic heterocycles. The molecule has 3 aliphatic rings. The highest BCUT2D eigenvalue weighted by Gasteiger charge is 2.39. The maximum absolute atomic E-state index is 3.74. The highest BCUT2D eigenvalue weighted by atomic mass is 15.3. The molecule has 4 heterocycles. The predicted molar refractivity (Wildman–Crippen MR) is 85.5 cm³/mol. The summed E-state index contributed by atoms with van der Waals surface area (Å²) in [6, 6.07) is 10.2. The van der Waals surface area contributed by atoms with Crippen molar-refractivity contribution < 1.29 is 0 Å². The maximum atomic E-state index is 3.74. The first-order valence-corrected chi connectivity index (χ1v) is 8.48. The van der Waals surface area contributed by atoms with Crippen LogP contribution in [0.1, 0.15) is 36.6 Å². The second kappa shape index (κ2) is 4.59. The minimum Gasteiger partial charge on any atom is -0.357 e. The van der Waals surface area contributed by atoms with Crippen LogP contribution >= 0.6 is 0 Å². The van der Waals surface area contributed by atoms with E-state index in [0.717, 1.165) is 6.04 Å². The van der Waals surface area contributed by atoms with Crippen molar-refractivity contribution in [3.63, 3.8) is 0 Å². The Labute approximate surface area is 125 Å². The van der Waals surface area contributed by atoms with Crippen molar-refractivity contribution in [1.29, 1.82) is 0 Å². The molecule has 0 aliphatic carbocycles. The van der Waals surface area contributed by atoms with Gasteiger partial charge in [-0.25, -0.2) is 0 Å². The number of nitrogens with one attached hydrogen (secondary N) is 1. The summed E-state index contributed by atoms with van der Waals surface area (Å²) in [6.07, 6.45) is 5.44. The first-order chi connectivity index (χ1) is 10.4. The third-order valence-corrected chi connectivity index (χ3v) is 5.87. The van der Waals surface area contributed by atoms with E-state index in [0.29, 0.717) is 6.04 Å². The van der Waals surface area contributed by atoms with E-state index in [9.17, 15) is 0 Å². The van der Waals surface area contributed by atoms with Crippen molar-refractivity contribution in [3.8, 4) is 0 Å². The molecule has 3 heteroatoms. The average Bonchev–Trinajstić information content (AvgIpc) is 2.92. The Morgan fingerprint density at radius 2 is 1.95 bits per heavy atom. The SMILES string of the molecule is c1ccc2c3c([nH]c2c1)[C@H]1CN2CCCC[C@H]2CN1CC3. The molecule has 0 spiro atoms. The molecule has 0 amide bonds. The number of benzene rings is 1. The lowest BCUT2D eigenvalue weighted by Gasteiger charge is -2.50. The van der Waals surface area contributed by atoms with Gasteiger partial charge >= 0.3 is 0 Å². The van der Waals surface area contributed by atoms with Gasteiger partial charge in [-0.15, -0.1) is 0 Å². The molecule has 2 atom stereocenters. The number of piperazine rings is 1. The number of piperidine rings is 1. The number of hydrogen-bond donors (Lipinski definition) is 1. The van der Waals surface area contributed by atoms with E-state index in [2.05, 4.69) is 39.0 Å². The van der Waals surface area contributed by atoms with Crippen LogP contribution in [0.15, 0.2) is 24.3 Å². The Kier molecular flexibility index (Phi) is 2.67. The molecule has 1 N–H and O–H groups in total. The summed E-state index contributed by atoms with van der Waals surface area (Å²) in [6.45, 7) is 5.05. The Balaban J connectivity index is 1.56. The molecule has 0 bridgehead atoms. The molecule has 0 radical (unpaired) electrons. The van der Waals surface area contributed by atoms with E-state index in [4.69, 9.17) is 0 Å². The van der Waals surface area contributed by atoms with Crippen LogP contribution in [0.5, 0.6) is 0 Å². The average molecular weight is 281 g/mol. The lowest BCUT2D eigenvalue weighted by atomic mass is 9.90. The van der Waals surface area contributed by atoms with E-state index >= 15 is 0 Å². The molecule has 3 nitrogen and oxygen atoms in total. The van der Waals surface area contributed by atoms with Crippen LogP contribution in [0.25, 0.3) is 10.9 Å². The fourth-order valence-electron chi connectivity index (χ4n) is 4.79. The van der Waals surface area contributed by atoms with Gasteiger partial charge in [-0.1, -0.05) is 24.6 Å². The van der Waals surface area contributed by atoms with Crippen LogP contribution in [0, 0.1) is 0 Å². The maximum Gasteiger partial charge on any atom is 0.0630 e. The van der Waals surface area contributed by atoms with Gasteiger partial charge in [-0.3, -0.25) is 9.80 Å². The molecule has 21 heavy (non-hydrogen) atoms. The van der Waals surface area contributed by atoms with Gasteiger partial charge in [0.05, 0.1) is 6.04 Å². The molecule has 0 saturated carbocycles. The van der Waals surface area contributed by atoms with Gasteiger partial charge in [0.25, 0.3) is 0 Å². The number of para-hydroxylation sites is 1. The van der Waals surface area contributed by atoms with E-state index in [-0.39, 0.29) is 0 Å². The lowest BCUT2D eigenvalue weighted by Crippen LogP contribution is -2.57. The lowest BCUT2D eigenvalue weighted by molar-refractivity contribution is 0.00244.